The lowest BCUT2D eigenvalue weighted by Gasteiger charge is -2.03. The number of nitriles is 1. The third-order valence-corrected chi connectivity index (χ3v) is 4.78. The summed E-state index contributed by atoms with van der Waals surface area (Å²) in [6, 6.07) is 16.3. The molecule has 0 aliphatic heterocycles. The number of hydrogen-bond acceptors (Lipinski definition) is 6. The minimum atomic E-state index is -0.285. The summed E-state index contributed by atoms with van der Waals surface area (Å²) in [6.45, 7) is 0. The highest BCUT2D eigenvalue weighted by Crippen LogP contribution is 2.20. The Kier molecular flexibility index (Phi) is 5.97. The molecule has 0 bridgehead atoms. The molecule has 27 heavy (non-hydrogen) atoms. The quantitative estimate of drug-likeness (QED) is 0.405. The first-order valence-corrected chi connectivity index (χ1v) is 9.03. The molecule has 1 aromatic heterocycles. The van der Waals surface area contributed by atoms with E-state index >= 15 is 0 Å². The predicted molar refractivity (Wildman–Crippen MR) is 103 cm³/mol. The summed E-state index contributed by atoms with van der Waals surface area (Å²) in [7, 11) is 1.90. The molecular weight excluding hydrogens is 360 g/mol. The van der Waals surface area contributed by atoms with Crippen molar-refractivity contribution >= 4 is 23.9 Å². The zero-order valence-corrected chi connectivity index (χ0v) is 15.3. The first-order chi connectivity index (χ1) is 13.2. The molecule has 0 saturated carbocycles. The second kappa shape index (κ2) is 8.78. The maximum Gasteiger partial charge on any atom is 0.271 e. The van der Waals surface area contributed by atoms with Gasteiger partial charge in [0.1, 0.15) is 6.33 Å². The molecule has 0 atom stereocenters. The fraction of sp³-hybridized carbons (Fsp3) is 0.105. The third-order valence-electron chi connectivity index (χ3n) is 3.67. The van der Waals surface area contributed by atoms with Crippen LogP contribution >= 0.6 is 11.8 Å². The smallest absolute Gasteiger partial charge is 0.271 e. The van der Waals surface area contributed by atoms with Crippen LogP contribution in [0.2, 0.25) is 0 Å². The standard InChI is InChI=1S/C19H16N6OS/c1-25-13-22-24-19(25)27-12-16-6-8-17(9-7-16)18(26)23-21-11-15-4-2-14(10-20)3-5-15/h2-9,11,13H,12H2,1H3,(H,23,26). The zero-order valence-electron chi connectivity index (χ0n) is 14.5. The van der Waals surface area contributed by atoms with Gasteiger partial charge in [0.2, 0.25) is 0 Å². The van der Waals surface area contributed by atoms with Crippen LogP contribution in [0.1, 0.15) is 27.0 Å². The summed E-state index contributed by atoms with van der Waals surface area (Å²) in [5.41, 5.74) is 5.48. The lowest BCUT2D eigenvalue weighted by atomic mass is 10.1. The van der Waals surface area contributed by atoms with E-state index in [1.165, 1.54) is 6.21 Å². The van der Waals surface area contributed by atoms with Crippen LogP contribution < -0.4 is 5.43 Å². The first-order valence-electron chi connectivity index (χ1n) is 8.05. The molecule has 0 aliphatic rings. The number of aryl methyl sites for hydroxylation is 1. The van der Waals surface area contributed by atoms with Gasteiger partial charge in [-0.2, -0.15) is 10.4 Å². The van der Waals surface area contributed by atoms with Crippen molar-refractivity contribution in [2.45, 2.75) is 10.9 Å². The number of benzene rings is 2. The van der Waals surface area contributed by atoms with Gasteiger partial charge in [-0.3, -0.25) is 4.79 Å². The summed E-state index contributed by atoms with van der Waals surface area (Å²) in [5, 5.41) is 21.4. The fourth-order valence-corrected chi connectivity index (χ4v) is 3.02. The van der Waals surface area contributed by atoms with E-state index in [0.29, 0.717) is 11.1 Å². The zero-order chi connectivity index (χ0) is 19.1. The molecule has 1 amide bonds. The normalized spacial score (nSPS) is 10.7. The van der Waals surface area contributed by atoms with E-state index in [1.54, 1.807) is 54.5 Å². The molecular formula is C19H16N6OS. The number of rotatable bonds is 6. The Bertz CT molecular complexity index is 986. The van der Waals surface area contributed by atoms with Crippen molar-refractivity contribution in [3.63, 3.8) is 0 Å². The highest BCUT2D eigenvalue weighted by atomic mass is 32.2. The maximum atomic E-state index is 12.1. The lowest BCUT2D eigenvalue weighted by molar-refractivity contribution is 0.0955. The van der Waals surface area contributed by atoms with Gasteiger partial charge in [-0.25, -0.2) is 5.43 Å². The molecule has 1 heterocycles. The van der Waals surface area contributed by atoms with Gasteiger partial charge in [-0.1, -0.05) is 36.0 Å². The van der Waals surface area contributed by atoms with E-state index < -0.39 is 0 Å². The molecule has 0 fully saturated rings. The topological polar surface area (TPSA) is 96.0 Å². The number of amides is 1. The van der Waals surface area contributed by atoms with Crippen LogP contribution in [0.5, 0.6) is 0 Å². The average Bonchev–Trinajstić information content (AvgIpc) is 3.12. The predicted octanol–water partition coefficient (Wildman–Crippen LogP) is 2.74. The van der Waals surface area contributed by atoms with Gasteiger partial charge in [0.15, 0.2) is 5.16 Å². The van der Waals surface area contributed by atoms with Gasteiger partial charge >= 0.3 is 0 Å². The van der Waals surface area contributed by atoms with Crippen molar-refractivity contribution in [1.29, 1.82) is 5.26 Å². The molecule has 3 rings (SSSR count). The lowest BCUT2D eigenvalue weighted by Crippen LogP contribution is -2.17. The van der Waals surface area contributed by atoms with Gasteiger partial charge in [-0.05, 0) is 35.4 Å². The molecule has 0 aliphatic carbocycles. The highest BCUT2D eigenvalue weighted by molar-refractivity contribution is 7.98. The van der Waals surface area contributed by atoms with Gasteiger partial charge in [-0.15, -0.1) is 10.2 Å². The fourth-order valence-electron chi connectivity index (χ4n) is 2.18. The van der Waals surface area contributed by atoms with Crippen molar-refractivity contribution in [1.82, 2.24) is 20.2 Å². The molecule has 8 heteroatoms. The number of thioether (sulfide) groups is 1. The second-order valence-electron chi connectivity index (χ2n) is 5.64. The van der Waals surface area contributed by atoms with Gasteiger partial charge in [0.05, 0.1) is 17.8 Å². The SMILES string of the molecule is Cn1cnnc1SCc1ccc(C(=O)NN=Cc2ccc(C#N)cc2)cc1. The Morgan fingerprint density at radius 2 is 2.00 bits per heavy atom. The summed E-state index contributed by atoms with van der Waals surface area (Å²) < 4.78 is 1.86. The largest absolute Gasteiger partial charge is 0.312 e. The molecule has 3 aromatic rings. The number of hydrazone groups is 1. The van der Waals surface area contributed by atoms with E-state index in [1.807, 2.05) is 23.7 Å². The van der Waals surface area contributed by atoms with Crippen molar-refractivity contribution in [3.05, 3.63) is 77.1 Å². The van der Waals surface area contributed by atoms with E-state index in [0.717, 1.165) is 22.0 Å². The summed E-state index contributed by atoms with van der Waals surface area (Å²) in [6.07, 6.45) is 3.19. The molecule has 0 saturated heterocycles. The monoisotopic (exact) mass is 376 g/mol. The van der Waals surface area contributed by atoms with Crippen molar-refractivity contribution in [3.8, 4) is 6.07 Å². The minimum Gasteiger partial charge on any atom is -0.312 e. The Labute approximate surface area is 160 Å². The Morgan fingerprint density at radius 1 is 1.26 bits per heavy atom. The Hall–Kier alpha value is -3.44. The van der Waals surface area contributed by atoms with Gasteiger partial charge < -0.3 is 4.57 Å². The number of aromatic nitrogens is 3. The summed E-state index contributed by atoms with van der Waals surface area (Å²) in [5.74, 6) is 0.457. The number of carbonyl (C=O) groups excluding carboxylic acids is 1. The molecule has 2 aromatic carbocycles. The van der Waals surface area contributed by atoms with Crippen LogP contribution in [0.3, 0.4) is 0 Å². The van der Waals surface area contributed by atoms with Crippen LogP contribution in [0.25, 0.3) is 0 Å². The van der Waals surface area contributed by atoms with Crippen LogP contribution in [0.4, 0.5) is 0 Å². The van der Waals surface area contributed by atoms with E-state index in [-0.39, 0.29) is 5.91 Å². The number of carbonyl (C=O) groups is 1. The van der Waals surface area contributed by atoms with Gasteiger partial charge in [0.25, 0.3) is 5.91 Å². The van der Waals surface area contributed by atoms with Crippen LogP contribution in [0, 0.1) is 11.3 Å². The van der Waals surface area contributed by atoms with E-state index in [4.69, 9.17) is 5.26 Å². The summed E-state index contributed by atoms with van der Waals surface area (Å²) in [4.78, 5) is 12.1. The van der Waals surface area contributed by atoms with Crippen molar-refractivity contribution in [2.75, 3.05) is 0 Å². The number of hydrogen-bond donors (Lipinski definition) is 1. The second-order valence-corrected chi connectivity index (χ2v) is 6.59. The molecule has 134 valence electrons. The molecule has 0 unspecified atom stereocenters. The molecule has 0 spiro atoms. The Morgan fingerprint density at radius 3 is 2.63 bits per heavy atom. The molecule has 7 nitrogen and oxygen atoms in total. The van der Waals surface area contributed by atoms with E-state index in [2.05, 4.69) is 26.8 Å². The Balaban J connectivity index is 1.53. The summed E-state index contributed by atoms with van der Waals surface area (Å²) >= 11 is 1.58. The van der Waals surface area contributed by atoms with Crippen LogP contribution in [-0.2, 0) is 12.8 Å². The van der Waals surface area contributed by atoms with Gasteiger partial charge in [0, 0.05) is 18.4 Å². The van der Waals surface area contributed by atoms with Crippen molar-refractivity contribution < 1.29 is 4.79 Å². The van der Waals surface area contributed by atoms with E-state index in [9.17, 15) is 4.79 Å². The van der Waals surface area contributed by atoms with Crippen molar-refractivity contribution in [2.24, 2.45) is 12.1 Å². The number of nitrogens with one attached hydrogen (secondary N) is 1. The average molecular weight is 376 g/mol. The first kappa shape index (κ1) is 18.4. The van der Waals surface area contributed by atoms with Crippen LogP contribution in [-0.4, -0.2) is 26.9 Å². The van der Waals surface area contributed by atoms with Crippen LogP contribution in [0.15, 0.2) is 65.1 Å². The number of nitrogens with zero attached hydrogens (tertiary/aromatic N) is 5. The third kappa shape index (κ3) is 5.03. The molecule has 1 N–H and O–H groups in total. The molecule has 0 radical (unpaired) electrons. The maximum absolute atomic E-state index is 12.1. The minimum absolute atomic E-state index is 0.285. The highest BCUT2D eigenvalue weighted by Gasteiger charge is 2.06.